The number of hydrogen-bond donors (Lipinski definition) is 1. The number of carbonyl (C=O) groups is 2. The molecule has 2 heterocycles. The number of aromatic nitrogens is 4. The van der Waals surface area contributed by atoms with E-state index in [4.69, 9.17) is 9.47 Å². The lowest BCUT2D eigenvalue weighted by Gasteiger charge is -2.23. The maximum Gasteiger partial charge on any atom is 0.408 e. The number of hydrogen-bond acceptors (Lipinski definition) is 7. The summed E-state index contributed by atoms with van der Waals surface area (Å²) >= 11 is 0. The summed E-state index contributed by atoms with van der Waals surface area (Å²) in [6.07, 6.45) is 2.47. The monoisotopic (exact) mass is 487 g/mol. The maximum absolute atomic E-state index is 13.0. The van der Waals surface area contributed by atoms with Crippen LogP contribution in [0.15, 0.2) is 73.3 Å². The third kappa shape index (κ3) is 6.65. The van der Waals surface area contributed by atoms with Crippen LogP contribution in [0.4, 0.5) is 4.79 Å². The molecular weight excluding hydrogens is 458 g/mol. The Hall–Kier alpha value is -4.27. The van der Waals surface area contributed by atoms with Crippen molar-refractivity contribution >= 4 is 23.2 Å². The van der Waals surface area contributed by atoms with Gasteiger partial charge in [-0.05, 0) is 31.9 Å². The largest absolute Gasteiger partial charge is 0.459 e. The van der Waals surface area contributed by atoms with Crippen molar-refractivity contribution in [3.8, 4) is 0 Å². The number of ether oxygens (including phenoxy) is 2. The van der Waals surface area contributed by atoms with Gasteiger partial charge in [0.15, 0.2) is 5.65 Å². The van der Waals surface area contributed by atoms with Crippen LogP contribution in [0.25, 0.3) is 11.2 Å². The van der Waals surface area contributed by atoms with Crippen LogP contribution < -0.4 is 5.32 Å². The third-order valence-electron chi connectivity index (χ3n) is 5.27. The lowest BCUT2D eigenvalue weighted by Crippen LogP contribution is -2.45. The predicted molar refractivity (Wildman–Crippen MR) is 134 cm³/mol. The SMILES string of the molecule is CC(C)(C)OC(=O)NC(Cc1ncnc2c1ncn2Cc1ccccc1)C(=O)OCc1ccccc1. The first-order chi connectivity index (χ1) is 17.3. The topological polar surface area (TPSA) is 108 Å². The highest BCUT2D eigenvalue weighted by Crippen LogP contribution is 2.17. The molecule has 4 rings (SSSR count). The van der Waals surface area contributed by atoms with E-state index in [-0.39, 0.29) is 13.0 Å². The first-order valence-corrected chi connectivity index (χ1v) is 11.7. The van der Waals surface area contributed by atoms with Gasteiger partial charge in [0, 0.05) is 6.42 Å². The summed E-state index contributed by atoms with van der Waals surface area (Å²) < 4.78 is 12.8. The number of alkyl carbamates (subject to hydrolysis) is 1. The summed E-state index contributed by atoms with van der Waals surface area (Å²) in [5, 5.41) is 2.64. The second kappa shape index (κ2) is 11.0. The third-order valence-corrected chi connectivity index (χ3v) is 5.27. The van der Waals surface area contributed by atoms with E-state index in [0.717, 1.165) is 11.1 Å². The number of nitrogens with zero attached hydrogens (tertiary/aromatic N) is 4. The predicted octanol–water partition coefficient (Wildman–Crippen LogP) is 4.05. The second-order valence-electron chi connectivity index (χ2n) is 9.35. The molecule has 9 heteroatoms. The average molecular weight is 488 g/mol. The molecule has 0 aliphatic heterocycles. The number of benzene rings is 2. The Morgan fingerprint density at radius 3 is 2.28 bits per heavy atom. The molecule has 1 atom stereocenters. The molecule has 4 aromatic rings. The van der Waals surface area contributed by atoms with Crippen molar-refractivity contribution < 1.29 is 19.1 Å². The van der Waals surface area contributed by atoms with Gasteiger partial charge in [0.05, 0.1) is 18.6 Å². The molecule has 0 spiro atoms. The van der Waals surface area contributed by atoms with E-state index in [1.807, 2.05) is 65.2 Å². The van der Waals surface area contributed by atoms with Crippen LogP contribution >= 0.6 is 0 Å². The van der Waals surface area contributed by atoms with Gasteiger partial charge in [-0.1, -0.05) is 60.7 Å². The highest BCUT2D eigenvalue weighted by Gasteiger charge is 2.28. The zero-order chi connectivity index (χ0) is 25.5. The van der Waals surface area contributed by atoms with E-state index in [2.05, 4.69) is 20.3 Å². The molecule has 1 unspecified atom stereocenters. The van der Waals surface area contributed by atoms with Gasteiger partial charge in [0.25, 0.3) is 0 Å². The van der Waals surface area contributed by atoms with Gasteiger partial charge >= 0.3 is 12.1 Å². The highest BCUT2D eigenvalue weighted by atomic mass is 16.6. The number of amides is 1. The molecule has 9 nitrogen and oxygen atoms in total. The summed E-state index contributed by atoms with van der Waals surface area (Å²) in [4.78, 5) is 38.8. The molecule has 1 N–H and O–H groups in total. The van der Waals surface area contributed by atoms with Crippen molar-refractivity contribution in [1.29, 1.82) is 0 Å². The smallest absolute Gasteiger partial charge is 0.408 e. The van der Waals surface area contributed by atoms with Gasteiger partial charge in [-0.25, -0.2) is 24.5 Å². The summed E-state index contributed by atoms with van der Waals surface area (Å²) in [6, 6.07) is 18.3. The Balaban J connectivity index is 1.55. The number of carbonyl (C=O) groups excluding carboxylic acids is 2. The van der Waals surface area contributed by atoms with Crippen LogP contribution in [0.3, 0.4) is 0 Å². The van der Waals surface area contributed by atoms with Gasteiger partial charge in [0.2, 0.25) is 0 Å². The van der Waals surface area contributed by atoms with Gasteiger partial charge in [-0.2, -0.15) is 0 Å². The van der Waals surface area contributed by atoms with Gasteiger partial charge in [0.1, 0.15) is 30.1 Å². The molecule has 0 bridgehead atoms. The minimum Gasteiger partial charge on any atom is -0.459 e. The van der Waals surface area contributed by atoms with E-state index in [1.165, 1.54) is 6.33 Å². The van der Waals surface area contributed by atoms with Crippen molar-refractivity contribution in [2.75, 3.05) is 0 Å². The minimum atomic E-state index is -1.03. The maximum atomic E-state index is 13.0. The first-order valence-electron chi connectivity index (χ1n) is 11.7. The lowest BCUT2D eigenvalue weighted by atomic mass is 10.1. The fraction of sp³-hybridized carbons (Fsp3) is 0.296. The van der Waals surface area contributed by atoms with Crippen LogP contribution in [0.2, 0.25) is 0 Å². The van der Waals surface area contributed by atoms with E-state index >= 15 is 0 Å². The standard InChI is InChI=1S/C27H29N5O4/c1-27(2,3)36-26(34)31-22(25(33)35-16-20-12-8-5-9-13-20)14-21-23-24(29-17-28-21)32(18-30-23)15-19-10-6-4-7-11-19/h4-13,17-18,22H,14-16H2,1-3H3,(H,31,34). The molecule has 0 saturated carbocycles. The number of rotatable bonds is 8. The van der Waals surface area contributed by atoms with E-state index in [1.54, 1.807) is 27.1 Å². The van der Waals surface area contributed by atoms with Crippen molar-refractivity contribution in [2.45, 2.75) is 52.0 Å². The van der Waals surface area contributed by atoms with Crippen LogP contribution in [-0.4, -0.2) is 43.2 Å². The molecule has 2 aromatic carbocycles. The number of imidazole rings is 1. The Labute approximate surface area is 209 Å². The van der Waals surface area contributed by atoms with Crippen molar-refractivity contribution in [2.24, 2.45) is 0 Å². The van der Waals surface area contributed by atoms with Crippen molar-refractivity contribution in [1.82, 2.24) is 24.8 Å². The first kappa shape index (κ1) is 24.8. The normalized spacial score (nSPS) is 12.2. The molecule has 0 saturated heterocycles. The van der Waals surface area contributed by atoms with Crippen LogP contribution in [0.1, 0.15) is 37.6 Å². The Kier molecular flexibility index (Phi) is 7.58. The Bertz CT molecular complexity index is 1320. The fourth-order valence-corrected chi connectivity index (χ4v) is 3.64. The summed E-state index contributed by atoms with van der Waals surface area (Å²) in [5.41, 5.74) is 2.93. The van der Waals surface area contributed by atoms with Crippen LogP contribution in [-0.2, 0) is 33.8 Å². The molecule has 0 radical (unpaired) electrons. The van der Waals surface area contributed by atoms with Gasteiger partial charge < -0.3 is 19.4 Å². The fourth-order valence-electron chi connectivity index (χ4n) is 3.64. The second-order valence-corrected chi connectivity index (χ2v) is 9.35. The average Bonchev–Trinajstić information content (AvgIpc) is 3.26. The Morgan fingerprint density at radius 2 is 1.61 bits per heavy atom. The molecule has 36 heavy (non-hydrogen) atoms. The Morgan fingerprint density at radius 1 is 0.944 bits per heavy atom. The van der Waals surface area contributed by atoms with Gasteiger partial charge in [-0.3, -0.25) is 0 Å². The summed E-state index contributed by atoms with van der Waals surface area (Å²) in [6.45, 7) is 5.93. The molecule has 186 valence electrons. The van der Waals surface area contributed by atoms with Crippen LogP contribution in [0, 0.1) is 0 Å². The zero-order valence-corrected chi connectivity index (χ0v) is 20.5. The van der Waals surface area contributed by atoms with Crippen molar-refractivity contribution in [3.05, 3.63) is 90.1 Å². The van der Waals surface area contributed by atoms with E-state index in [9.17, 15) is 9.59 Å². The van der Waals surface area contributed by atoms with Crippen LogP contribution in [0.5, 0.6) is 0 Å². The van der Waals surface area contributed by atoms with E-state index in [0.29, 0.717) is 23.4 Å². The molecule has 0 fully saturated rings. The molecule has 0 aliphatic carbocycles. The number of esters is 1. The molecular formula is C27H29N5O4. The minimum absolute atomic E-state index is 0.0637. The molecule has 1 amide bonds. The molecule has 2 aromatic heterocycles. The summed E-state index contributed by atoms with van der Waals surface area (Å²) in [5.74, 6) is -0.597. The van der Waals surface area contributed by atoms with Crippen molar-refractivity contribution in [3.63, 3.8) is 0 Å². The van der Waals surface area contributed by atoms with Gasteiger partial charge in [-0.15, -0.1) is 0 Å². The lowest BCUT2D eigenvalue weighted by molar-refractivity contribution is -0.147. The highest BCUT2D eigenvalue weighted by molar-refractivity contribution is 5.83. The summed E-state index contributed by atoms with van der Waals surface area (Å²) in [7, 11) is 0. The number of fused-ring (bicyclic) bond motifs is 1. The quantitative estimate of drug-likeness (QED) is 0.374. The zero-order valence-electron chi connectivity index (χ0n) is 20.5. The molecule has 0 aliphatic rings. The number of nitrogens with one attached hydrogen (secondary N) is 1. The van der Waals surface area contributed by atoms with E-state index < -0.39 is 23.7 Å².